The standard InChI is InChI=1S/C14H18N4O3S/c1-22(20,21)18-6-3-11(4-7-18)17-13-8-12-10(9-16-13)2-5-15-14(12)19/h2,5,8-9,11H,3-4,6-7H2,1H3,(H,15,19)(H,16,17). The van der Waals surface area contributed by atoms with Gasteiger partial charge >= 0.3 is 0 Å². The smallest absolute Gasteiger partial charge is 0.219 e. The van der Waals surface area contributed by atoms with Crippen molar-refractivity contribution in [2.24, 2.45) is 0 Å². The Labute approximate surface area is 129 Å². The van der Waals surface area contributed by atoms with Crippen LogP contribution in [0.5, 0.6) is 5.88 Å². The van der Waals surface area contributed by atoms with Crippen LogP contribution in [0.1, 0.15) is 12.8 Å². The van der Waals surface area contributed by atoms with Crippen molar-refractivity contribution < 1.29 is 13.5 Å². The second-order valence-corrected chi connectivity index (χ2v) is 7.49. The molecule has 118 valence electrons. The molecule has 1 saturated heterocycles. The molecule has 2 aromatic heterocycles. The van der Waals surface area contributed by atoms with Gasteiger partial charge in [-0.1, -0.05) is 0 Å². The maximum absolute atomic E-state index is 11.5. The number of rotatable bonds is 3. The van der Waals surface area contributed by atoms with Crippen LogP contribution in [0.3, 0.4) is 0 Å². The normalized spacial score (nSPS) is 17.7. The summed E-state index contributed by atoms with van der Waals surface area (Å²) < 4.78 is 24.5. The maximum Gasteiger partial charge on any atom is 0.219 e. The summed E-state index contributed by atoms with van der Waals surface area (Å²) in [4.78, 5) is 8.19. The Hall–Kier alpha value is -1.93. The first kappa shape index (κ1) is 15.0. The van der Waals surface area contributed by atoms with E-state index in [4.69, 9.17) is 0 Å². The van der Waals surface area contributed by atoms with Crippen LogP contribution in [0.15, 0.2) is 24.5 Å². The quantitative estimate of drug-likeness (QED) is 0.881. The minimum absolute atomic E-state index is 0.0187. The van der Waals surface area contributed by atoms with Gasteiger partial charge in [-0.15, -0.1) is 0 Å². The lowest BCUT2D eigenvalue weighted by atomic mass is 10.1. The third-order valence-electron chi connectivity index (χ3n) is 3.90. The molecule has 0 unspecified atom stereocenters. The predicted molar refractivity (Wildman–Crippen MR) is 84.3 cm³/mol. The first-order valence-corrected chi connectivity index (χ1v) is 8.94. The van der Waals surface area contributed by atoms with Gasteiger partial charge < -0.3 is 10.4 Å². The summed E-state index contributed by atoms with van der Waals surface area (Å²) in [6.07, 6.45) is 5.91. The molecule has 1 aliphatic heterocycles. The van der Waals surface area contributed by atoms with Crippen LogP contribution < -0.4 is 5.32 Å². The van der Waals surface area contributed by atoms with E-state index >= 15 is 0 Å². The van der Waals surface area contributed by atoms with Crippen LogP contribution >= 0.6 is 0 Å². The van der Waals surface area contributed by atoms with Crippen molar-refractivity contribution in [1.82, 2.24) is 14.3 Å². The molecular weight excluding hydrogens is 304 g/mol. The lowest BCUT2D eigenvalue weighted by molar-refractivity contribution is 0.331. The number of hydrogen-bond donors (Lipinski definition) is 2. The molecule has 0 bridgehead atoms. The van der Waals surface area contributed by atoms with E-state index in [1.807, 2.05) is 0 Å². The maximum atomic E-state index is 11.5. The summed E-state index contributed by atoms with van der Waals surface area (Å²) in [7, 11) is -3.11. The molecule has 0 amide bonds. The summed E-state index contributed by atoms with van der Waals surface area (Å²) in [6, 6.07) is 3.72. The minimum Gasteiger partial charge on any atom is -0.493 e. The molecule has 3 rings (SSSR count). The molecule has 2 N–H and O–H groups in total. The molecule has 8 heteroatoms. The molecule has 3 heterocycles. The fourth-order valence-corrected chi connectivity index (χ4v) is 3.54. The Kier molecular flexibility index (Phi) is 3.88. The van der Waals surface area contributed by atoms with Crippen LogP contribution in [0.2, 0.25) is 0 Å². The predicted octanol–water partition coefficient (Wildman–Crippen LogP) is 1.17. The number of aromatic nitrogens is 2. The highest BCUT2D eigenvalue weighted by atomic mass is 32.2. The van der Waals surface area contributed by atoms with Crippen molar-refractivity contribution in [3.05, 3.63) is 24.5 Å². The molecule has 0 atom stereocenters. The van der Waals surface area contributed by atoms with Crippen molar-refractivity contribution in [2.45, 2.75) is 18.9 Å². The summed E-state index contributed by atoms with van der Waals surface area (Å²) in [5.74, 6) is 0.642. The molecule has 2 aromatic rings. The summed E-state index contributed by atoms with van der Waals surface area (Å²) in [6.45, 7) is 1.02. The van der Waals surface area contributed by atoms with Crippen molar-refractivity contribution in [3.8, 4) is 5.88 Å². The van der Waals surface area contributed by atoms with E-state index in [2.05, 4.69) is 15.3 Å². The van der Waals surface area contributed by atoms with E-state index in [0.717, 1.165) is 18.2 Å². The number of sulfonamides is 1. The third kappa shape index (κ3) is 3.12. The van der Waals surface area contributed by atoms with E-state index in [9.17, 15) is 13.5 Å². The average molecular weight is 322 g/mol. The van der Waals surface area contributed by atoms with E-state index in [1.165, 1.54) is 16.8 Å². The molecule has 22 heavy (non-hydrogen) atoms. The van der Waals surface area contributed by atoms with Gasteiger partial charge in [-0.25, -0.2) is 22.7 Å². The zero-order chi connectivity index (χ0) is 15.7. The SMILES string of the molecule is CS(=O)(=O)N1CCC(Nc2cc3c(O)nccc3cn2)CC1. The van der Waals surface area contributed by atoms with Crippen LogP contribution in [-0.4, -0.2) is 53.2 Å². The minimum atomic E-state index is -3.11. The second-order valence-electron chi connectivity index (χ2n) is 5.51. The van der Waals surface area contributed by atoms with Gasteiger partial charge in [0, 0.05) is 42.3 Å². The lowest BCUT2D eigenvalue weighted by Crippen LogP contribution is -2.41. The van der Waals surface area contributed by atoms with E-state index in [-0.39, 0.29) is 11.9 Å². The summed E-state index contributed by atoms with van der Waals surface area (Å²) in [5, 5.41) is 14.6. The van der Waals surface area contributed by atoms with E-state index in [0.29, 0.717) is 24.3 Å². The van der Waals surface area contributed by atoms with Gasteiger partial charge in [0.1, 0.15) is 5.82 Å². The summed E-state index contributed by atoms with van der Waals surface area (Å²) in [5.41, 5.74) is 0. The fraction of sp³-hybridized carbons (Fsp3) is 0.429. The van der Waals surface area contributed by atoms with Crippen LogP contribution in [-0.2, 0) is 10.0 Å². The largest absolute Gasteiger partial charge is 0.493 e. The topological polar surface area (TPSA) is 95.4 Å². The lowest BCUT2D eigenvalue weighted by Gasteiger charge is -2.30. The van der Waals surface area contributed by atoms with Gasteiger partial charge in [-0.05, 0) is 25.0 Å². The van der Waals surface area contributed by atoms with Gasteiger partial charge in [-0.3, -0.25) is 0 Å². The van der Waals surface area contributed by atoms with Crippen molar-refractivity contribution in [1.29, 1.82) is 0 Å². The Morgan fingerprint density at radius 3 is 2.73 bits per heavy atom. The van der Waals surface area contributed by atoms with E-state index in [1.54, 1.807) is 18.3 Å². The highest BCUT2D eigenvalue weighted by Crippen LogP contribution is 2.24. The van der Waals surface area contributed by atoms with Crippen molar-refractivity contribution >= 4 is 26.6 Å². The monoisotopic (exact) mass is 322 g/mol. The van der Waals surface area contributed by atoms with Crippen molar-refractivity contribution in [2.75, 3.05) is 24.7 Å². The van der Waals surface area contributed by atoms with Gasteiger partial charge in [0.25, 0.3) is 0 Å². The summed E-state index contributed by atoms with van der Waals surface area (Å²) >= 11 is 0. The Morgan fingerprint density at radius 2 is 2.05 bits per heavy atom. The molecule has 0 aromatic carbocycles. The number of piperidine rings is 1. The fourth-order valence-electron chi connectivity index (χ4n) is 2.67. The van der Waals surface area contributed by atoms with Gasteiger partial charge in [0.15, 0.2) is 0 Å². The van der Waals surface area contributed by atoms with Gasteiger partial charge in [0.2, 0.25) is 15.9 Å². The van der Waals surface area contributed by atoms with Gasteiger partial charge in [0.05, 0.1) is 6.26 Å². The molecule has 0 spiro atoms. The molecule has 7 nitrogen and oxygen atoms in total. The number of anilines is 1. The Morgan fingerprint density at radius 1 is 1.32 bits per heavy atom. The number of aromatic hydroxyl groups is 1. The third-order valence-corrected chi connectivity index (χ3v) is 5.20. The van der Waals surface area contributed by atoms with Crippen molar-refractivity contribution in [3.63, 3.8) is 0 Å². The average Bonchev–Trinajstić information content (AvgIpc) is 2.48. The number of fused-ring (bicyclic) bond motifs is 1. The molecule has 1 aliphatic rings. The van der Waals surface area contributed by atoms with Crippen LogP contribution in [0.4, 0.5) is 5.82 Å². The zero-order valence-electron chi connectivity index (χ0n) is 12.2. The van der Waals surface area contributed by atoms with Crippen LogP contribution in [0.25, 0.3) is 10.8 Å². The zero-order valence-corrected chi connectivity index (χ0v) is 13.0. The number of pyridine rings is 2. The number of nitrogens with one attached hydrogen (secondary N) is 1. The highest BCUT2D eigenvalue weighted by Gasteiger charge is 2.24. The molecule has 0 aliphatic carbocycles. The van der Waals surface area contributed by atoms with Gasteiger partial charge in [-0.2, -0.15) is 0 Å². The highest BCUT2D eigenvalue weighted by molar-refractivity contribution is 7.88. The number of hydrogen-bond acceptors (Lipinski definition) is 6. The first-order chi connectivity index (χ1) is 10.4. The first-order valence-electron chi connectivity index (χ1n) is 7.09. The second kappa shape index (κ2) is 5.69. The molecule has 1 fully saturated rings. The number of nitrogens with zero attached hydrogens (tertiary/aromatic N) is 3. The molecular formula is C14H18N4O3S. The molecule has 0 saturated carbocycles. The molecule has 0 radical (unpaired) electrons. The Bertz CT molecular complexity index is 786. The van der Waals surface area contributed by atoms with E-state index < -0.39 is 10.0 Å². The van der Waals surface area contributed by atoms with Crippen LogP contribution in [0, 0.1) is 0 Å². The Balaban J connectivity index is 1.71.